The van der Waals surface area contributed by atoms with E-state index in [-0.39, 0.29) is 24.4 Å². The summed E-state index contributed by atoms with van der Waals surface area (Å²) in [5, 5.41) is 0. The van der Waals surface area contributed by atoms with Gasteiger partial charge in [0.25, 0.3) is 0 Å². The minimum absolute atomic E-state index is 0. The highest BCUT2D eigenvalue weighted by Gasteiger charge is 2.13. The van der Waals surface area contributed by atoms with Gasteiger partial charge in [-0.15, -0.1) is 12.4 Å². The summed E-state index contributed by atoms with van der Waals surface area (Å²) in [6.07, 6.45) is -0.257. The van der Waals surface area contributed by atoms with Crippen LogP contribution in [0.2, 0.25) is 0 Å². The summed E-state index contributed by atoms with van der Waals surface area (Å²) in [5.41, 5.74) is 4.54. The molecule has 15 heavy (non-hydrogen) atoms. The number of nitrogen functional groups attached to an aromatic ring is 1. The van der Waals surface area contributed by atoms with Crippen molar-refractivity contribution in [1.29, 1.82) is 0 Å². The number of esters is 1. The Balaban J connectivity index is 0.00000196. The Morgan fingerprint density at radius 2 is 2.07 bits per heavy atom. The number of hydrogen-bond acceptors (Lipinski definition) is 3. The second kappa shape index (κ2) is 5.50. The van der Waals surface area contributed by atoms with Crippen LogP contribution in [0.4, 0.5) is 14.5 Å². The van der Waals surface area contributed by atoms with Crippen molar-refractivity contribution in [2.45, 2.75) is 6.42 Å². The van der Waals surface area contributed by atoms with E-state index >= 15 is 0 Å². The van der Waals surface area contributed by atoms with E-state index in [2.05, 4.69) is 4.74 Å². The van der Waals surface area contributed by atoms with Crippen LogP contribution in [0, 0.1) is 11.6 Å². The molecule has 84 valence electrons. The molecule has 2 N–H and O–H groups in total. The molecular formula is C9H10ClF2NO2. The molecule has 0 bridgehead atoms. The molecule has 0 saturated heterocycles. The van der Waals surface area contributed by atoms with Crippen LogP contribution >= 0.6 is 12.4 Å². The van der Waals surface area contributed by atoms with Gasteiger partial charge in [-0.25, -0.2) is 8.78 Å². The van der Waals surface area contributed by atoms with Crippen LogP contribution in [0.1, 0.15) is 5.56 Å². The maximum atomic E-state index is 13.2. The van der Waals surface area contributed by atoms with Crippen molar-refractivity contribution in [2.75, 3.05) is 12.8 Å². The van der Waals surface area contributed by atoms with Crippen LogP contribution < -0.4 is 5.73 Å². The van der Waals surface area contributed by atoms with E-state index < -0.39 is 23.3 Å². The lowest BCUT2D eigenvalue weighted by Crippen LogP contribution is -2.08. The van der Waals surface area contributed by atoms with Crippen LogP contribution in [0.3, 0.4) is 0 Å². The monoisotopic (exact) mass is 237 g/mol. The first-order valence-electron chi connectivity index (χ1n) is 3.85. The third kappa shape index (κ3) is 3.06. The zero-order valence-corrected chi connectivity index (χ0v) is 8.74. The van der Waals surface area contributed by atoms with Crippen LogP contribution in [0.15, 0.2) is 12.1 Å². The van der Waals surface area contributed by atoms with Crippen LogP contribution in [-0.2, 0) is 16.0 Å². The molecule has 1 aromatic rings. The Hall–Kier alpha value is -1.36. The molecule has 0 aliphatic rings. The van der Waals surface area contributed by atoms with Crippen molar-refractivity contribution in [3.05, 3.63) is 29.3 Å². The van der Waals surface area contributed by atoms with E-state index in [4.69, 9.17) is 5.73 Å². The molecule has 0 amide bonds. The fraction of sp³-hybridized carbons (Fsp3) is 0.222. The van der Waals surface area contributed by atoms with Crippen LogP contribution in [-0.4, -0.2) is 13.1 Å². The first kappa shape index (κ1) is 13.6. The number of methoxy groups -OCH3 is 1. The Morgan fingerprint density at radius 3 is 2.60 bits per heavy atom. The minimum Gasteiger partial charge on any atom is -0.469 e. The second-order valence-corrected chi connectivity index (χ2v) is 2.69. The first-order chi connectivity index (χ1) is 6.56. The van der Waals surface area contributed by atoms with E-state index in [9.17, 15) is 13.6 Å². The van der Waals surface area contributed by atoms with Gasteiger partial charge in [0.05, 0.1) is 13.5 Å². The molecule has 0 spiro atoms. The summed E-state index contributed by atoms with van der Waals surface area (Å²) < 4.78 is 30.2. The van der Waals surface area contributed by atoms with Gasteiger partial charge in [0.1, 0.15) is 11.5 Å². The van der Waals surface area contributed by atoms with Gasteiger partial charge in [-0.3, -0.25) is 4.79 Å². The van der Waals surface area contributed by atoms with E-state index in [0.29, 0.717) is 0 Å². The smallest absolute Gasteiger partial charge is 0.310 e. The average Bonchev–Trinajstić information content (AvgIpc) is 2.19. The van der Waals surface area contributed by atoms with Gasteiger partial charge < -0.3 is 10.5 Å². The normalized spacial score (nSPS) is 9.27. The van der Waals surface area contributed by atoms with E-state index in [0.717, 1.165) is 12.1 Å². The van der Waals surface area contributed by atoms with Gasteiger partial charge in [-0.05, 0) is 6.07 Å². The molecule has 6 heteroatoms. The van der Waals surface area contributed by atoms with Crippen molar-refractivity contribution >= 4 is 24.1 Å². The zero-order chi connectivity index (χ0) is 10.7. The van der Waals surface area contributed by atoms with Crippen molar-refractivity contribution in [3.63, 3.8) is 0 Å². The number of halogens is 3. The maximum absolute atomic E-state index is 13.2. The fourth-order valence-electron chi connectivity index (χ4n) is 0.979. The molecule has 0 saturated carbocycles. The van der Waals surface area contributed by atoms with Gasteiger partial charge >= 0.3 is 5.97 Å². The average molecular weight is 238 g/mol. The Morgan fingerprint density at radius 1 is 1.47 bits per heavy atom. The molecule has 0 radical (unpaired) electrons. The quantitative estimate of drug-likeness (QED) is 0.629. The number of anilines is 1. The lowest BCUT2D eigenvalue weighted by atomic mass is 10.1. The topological polar surface area (TPSA) is 52.3 Å². The predicted octanol–water partition coefficient (Wildman–Crippen LogP) is 1.68. The van der Waals surface area contributed by atoms with E-state index in [1.165, 1.54) is 7.11 Å². The third-order valence-electron chi connectivity index (χ3n) is 1.77. The molecule has 0 aliphatic heterocycles. The molecule has 0 aliphatic carbocycles. The summed E-state index contributed by atoms with van der Waals surface area (Å²) in [6.45, 7) is 0. The molecule has 1 rings (SSSR count). The summed E-state index contributed by atoms with van der Waals surface area (Å²) in [7, 11) is 1.19. The standard InChI is InChI=1S/C9H9F2NO2.ClH/c1-14-7(13)4-5-2-3-6(10)9(12)8(5)11;/h2-3H,4,12H2,1H3;1H. The molecule has 0 unspecified atom stereocenters. The maximum Gasteiger partial charge on any atom is 0.310 e. The number of ether oxygens (including phenoxy) is 1. The minimum atomic E-state index is -0.907. The molecule has 0 aromatic heterocycles. The largest absolute Gasteiger partial charge is 0.469 e. The first-order valence-corrected chi connectivity index (χ1v) is 3.85. The molecule has 1 aromatic carbocycles. The summed E-state index contributed by atoms with van der Waals surface area (Å²) in [4.78, 5) is 10.8. The molecular weight excluding hydrogens is 228 g/mol. The summed E-state index contributed by atoms with van der Waals surface area (Å²) in [5.74, 6) is -2.35. The highest BCUT2D eigenvalue weighted by molar-refractivity contribution is 5.85. The van der Waals surface area contributed by atoms with Crippen molar-refractivity contribution in [2.24, 2.45) is 0 Å². The lowest BCUT2D eigenvalue weighted by molar-refractivity contribution is -0.139. The van der Waals surface area contributed by atoms with Crippen LogP contribution in [0.25, 0.3) is 0 Å². The Kier molecular flexibility index (Phi) is 5.00. The molecule has 0 heterocycles. The van der Waals surface area contributed by atoms with Gasteiger partial charge in [0.15, 0.2) is 5.82 Å². The zero-order valence-electron chi connectivity index (χ0n) is 7.92. The number of benzene rings is 1. The SMILES string of the molecule is COC(=O)Cc1ccc(F)c(N)c1F.Cl. The van der Waals surface area contributed by atoms with Crippen LogP contribution in [0.5, 0.6) is 0 Å². The Bertz CT molecular complexity index is 371. The number of nitrogens with two attached hydrogens (primary N) is 1. The summed E-state index contributed by atoms with van der Waals surface area (Å²) in [6, 6.07) is 2.18. The van der Waals surface area contributed by atoms with Gasteiger partial charge in [-0.1, -0.05) is 6.07 Å². The second-order valence-electron chi connectivity index (χ2n) is 2.69. The number of hydrogen-bond donors (Lipinski definition) is 1. The van der Waals surface area contributed by atoms with Gasteiger partial charge in [-0.2, -0.15) is 0 Å². The highest BCUT2D eigenvalue weighted by Crippen LogP contribution is 2.19. The number of carbonyl (C=O) groups is 1. The lowest BCUT2D eigenvalue weighted by Gasteiger charge is -2.04. The molecule has 0 atom stereocenters. The molecule has 0 fully saturated rings. The number of rotatable bonds is 2. The third-order valence-corrected chi connectivity index (χ3v) is 1.77. The predicted molar refractivity (Wildman–Crippen MR) is 53.7 cm³/mol. The van der Waals surface area contributed by atoms with E-state index in [1.807, 2.05) is 0 Å². The van der Waals surface area contributed by atoms with Crippen molar-refractivity contribution in [3.8, 4) is 0 Å². The Labute approximate surface area is 91.6 Å². The van der Waals surface area contributed by atoms with E-state index in [1.54, 1.807) is 0 Å². The molecule has 3 nitrogen and oxygen atoms in total. The fourth-order valence-corrected chi connectivity index (χ4v) is 0.979. The number of carbonyl (C=O) groups excluding carboxylic acids is 1. The van der Waals surface area contributed by atoms with Gasteiger partial charge in [0.2, 0.25) is 0 Å². The highest BCUT2D eigenvalue weighted by atomic mass is 35.5. The van der Waals surface area contributed by atoms with Crippen molar-refractivity contribution < 1.29 is 18.3 Å². The summed E-state index contributed by atoms with van der Waals surface area (Å²) >= 11 is 0. The van der Waals surface area contributed by atoms with Crippen molar-refractivity contribution in [1.82, 2.24) is 0 Å². The van der Waals surface area contributed by atoms with Gasteiger partial charge in [0, 0.05) is 5.56 Å².